The van der Waals surface area contributed by atoms with E-state index < -0.39 is 0 Å². The maximum Gasteiger partial charge on any atom is 0.178 e. The van der Waals surface area contributed by atoms with E-state index in [4.69, 9.17) is 17.0 Å². The molecule has 21 heavy (non-hydrogen) atoms. The first-order chi connectivity index (χ1) is 10.3. The molecule has 106 valence electrons. The summed E-state index contributed by atoms with van der Waals surface area (Å²) in [7, 11) is 1.68. The number of nitrogens with one attached hydrogen (secondary N) is 1. The lowest BCUT2D eigenvalue weighted by molar-refractivity contribution is 0.415. The Morgan fingerprint density at radius 1 is 1.14 bits per heavy atom. The molecule has 3 aromatic rings. The molecule has 0 atom stereocenters. The summed E-state index contributed by atoms with van der Waals surface area (Å²) in [6.07, 6.45) is 2.09. The summed E-state index contributed by atoms with van der Waals surface area (Å²) in [5.41, 5.74) is 5.06. The summed E-state index contributed by atoms with van der Waals surface area (Å²) in [6, 6.07) is 15.1. The van der Waals surface area contributed by atoms with Gasteiger partial charge in [-0.1, -0.05) is 24.3 Å². The minimum atomic E-state index is 0.400. The molecular weight excluding hydrogens is 280 g/mol. The Morgan fingerprint density at radius 3 is 2.52 bits per heavy atom. The Kier molecular flexibility index (Phi) is 2.86. The van der Waals surface area contributed by atoms with E-state index in [1.54, 1.807) is 7.11 Å². The normalized spacial score (nSPS) is 14.5. The highest BCUT2D eigenvalue weighted by molar-refractivity contribution is 7.71. The number of fused-ring (bicyclic) bond motifs is 2. The molecule has 0 amide bonds. The molecule has 1 heterocycles. The van der Waals surface area contributed by atoms with E-state index in [0.717, 1.165) is 34.4 Å². The third-order valence-electron chi connectivity index (χ3n) is 4.32. The quantitative estimate of drug-likeness (QED) is 0.723. The van der Waals surface area contributed by atoms with Gasteiger partial charge in [-0.05, 0) is 48.3 Å². The molecule has 0 radical (unpaired) electrons. The van der Waals surface area contributed by atoms with Gasteiger partial charge in [0.25, 0.3) is 0 Å². The summed E-state index contributed by atoms with van der Waals surface area (Å²) in [6.45, 7) is 0. The minimum absolute atomic E-state index is 0.400. The van der Waals surface area contributed by atoms with Gasteiger partial charge in [0.2, 0.25) is 0 Å². The first-order valence-electron chi connectivity index (χ1n) is 7.11. The number of aromatic nitrogens is 2. The fourth-order valence-corrected chi connectivity index (χ4v) is 3.68. The molecule has 2 aromatic carbocycles. The molecule has 4 rings (SSSR count). The Labute approximate surface area is 128 Å². The van der Waals surface area contributed by atoms with Gasteiger partial charge < -0.3 is 14.3 Å². The van der Waals surface area contributed by atoms with Gasteiger partial charge in [-0.3, -0.25) is 0 Å². The van der Waals surface area contributed by atoms with Crippen molar-refractivity contribution in [1.82, 2.24) is 9.55 Å². The minimum Gasteiger partial charge on any atom is -0.497 e. The molecule has 0 aliphatic heterocycles. The van der Waals surface area contributed by atoms with E-state index in [-0.39, 0.29) is 0 Å². The van der Waals surface area contributed by atoms with E-state index in [1.807, 2.05) is 12.1 Å². The Morgan fingerprint density at radius 2 is 1.86 bits per heavy atom. The molecule has 0 fully saturated rings. The van der Waals surface area contributed by atoms with Crippen LogP contribution in [-0.4, -0.2) is 16.7 Å². The number of aromatic amines is 1. The van der Waals surface area contributed by atoms with Crippen LogP contribution in [0.4, 0.5) is 0 Å². The third-order valence-corrected chi connectivity index (χ3v) is 4.62. The number of H-pyrrole nitrogens is 1. The monoisotopic (exact) mass is 296 g/mol. The van der Waals surface area contributed by atoms with Gasteiger partial charge in [-0.2, -0.15) is 0 Å². The van der Waals surface area contributed by atoms with E-state index in [1.165, 1.54) is 11.1 Å². The van der Waals surface area contributed by atoms with Crippen LogP contribution in [0.1, 0.15) is 17.2 Å². The zero-order chi connectivity index (χ0) is 14.4. The predicted octanol–water partition coefficient (Wildman–Crippen LogP) is 4.05. The summed E-state index contributed by atoms with van der Waals surface area (Å²) >= 11 is 5.55. The maximum absolute atomic E-state index is 5.55. The number of hydrogen-bond acceptors (Lipinski definition) is 2. The van der Waals surface area contributed by atoms with E-state index in [0.29, 0.717) is 6.04 Å². The van der Waals surface area contributed by atoms with Gasteiger partial charge in [-0.25, -0.2) is 0 Å². The van der Waals surface area contributed by atoms with Gasteiger partial charge in [0.15, 0.2) is 4.77 Å². The number of ether oxygens (including phenoxy) is 1. The number of hydrogen-bond donors (Lipinski definition) is 1. The number of benzene rings is 2. The number of nitrogens with zero attached hydrogens (tertiary/aromatic N) is 1. The van der Waals surface area contributed by atoms with Crippen molar-refractivity contribution in [3.63, 3.8) is 0 Å². The van der Waals surface area contributed by atoms with Gasteiger partial charge >= 0.3 is 0 Å². The number of rotatable bonds is 2. The van der Waals surface area contributed by atoms with Crippen molar-refractivity contribution in [1.29, 1.82) is 0 Å². The first kappa shape index (κ1) is 12.7. The highest BCUT2D eigenvalue weighted by Gasteiger charge is 2.24. The Balaban J connectivity index is 1.82. The zero-order valence-electron chi connectivity index (χ0n) is 11.8. The highest BCUT2D eigenvalue weighted by atomic mass is 32.1. The second-order valence-corrected chi connectivity index (χ2v) is 5.90. The van der Waals surface area contributed by atoms with E-state index >= 15 is 0 Å². The van der Waals surface area contributed by atoms with Crippen molar-refractivity contribution >= 4 is 23.3 Å². The zero-order valence-corrected chi connectivity index (χ0v) is 12.6. The fraction of sp³-hybridized carbons (Fsp3) is 0.235. The third kappa shape index (κ3) is 1.98. The molecule has 0 saturated heterocycles. The van der Waals surface area contributed by atoms with Crippen LogP contribution in [0, 0.1) is 4.77 Å². The molecule has 3 nitrogen and oxygen atoms in total. The van der Waals surface area contributed by atoms with Gasteiger partial charge in [-0.15, -0.1) is 0 Å². The van der Waals surface area contributed by atoms with Crippen molar-refractivity contribution in [3.05, 3.63) is 58.4 Å². The molecule has 0 spiro atoms. The average molecular weight is 296 g/mol. The molecular formula is C17H16N2OS. The lowest BCUT2D eigenvalue weighted by atomic mass is 10.1. The van der Waals surface area contributed by atoms with Gasteiger partial charge in [0.05, 0.1) is 18.1 Å². The smallest absolute Gasteiger partial charge is 0.178 e. The van der Waals surface area contributed by atoms with E-state index in [9.17, 15) is 0 Å². The molecule has 0 saturated carbocycles. The van der Waals surface area contributed by atoms with Crippen LogP contribution in [0.25, 0.3) is 11.0 Å². The number of methoxy groups -OCH3 is 1. The van der Waals surface area contributed by atoms with Crippen LogP contribution in [-0.2, 0) is 12.8 Å². The van der Waals surface area contributed by atoms with Crippen LogP contribution in [0.2, 0.25) is 0 Å². The molecule has 0 bridgehead atoms. The average Bonchev–Trinajstić information content (AvgIpc) is 3.05. The maximum atomic E-state index is 5.55. The van der Waals surface area contributed by atoms with Crippen molar-refractivity contribution in [2.24, 2.45) is 0 Å². The SMILES string of the molecule is COc1ccc2c(c1)[nH]c(=S)n2C1Cc2ccccc2C1. The van der Waals surface area contributed by atoms with Gasteiger partial charge in [0, 0.05) is 12.1 Å². The fourth-order valence-electron chi connectivity index (χ4n) is 3.32. The largest absolute Gasteiger partial charge is 0.497 e. The first-order valence-corrected chi connectivity index (χ1v) is 7.52. The van der Waals surface area contributed by atoms with Crippen LogP contribution in [0.5, 0.6) is 5.75 Å². The second kappa shape index (κ2) is 4.74. The molecule has 1 aliphatic carbocycles. The topological polar surface area (TPSA) is 29.9 Å². The van der Waals surface area contributed by atoms with Crippen LogP contribution in [0.3, 0.4) is 0 Å². The van der Waals surface area contributed by atoms with Crippen molar-refractivity contribution < 1.29 is 4.74 Å². The second-order valence-electron chi connectivity index (χ2n) is 5.51. The summed E-state index contributed by atoms with van der Waals surface area (Å²) in [5.74, 6) is 0.848. The van der Waals surface area contributed by atoms with Crippen molar-refractivity contribution in [2.75, 3.05) is 7.11 Å². The van der Waals surface area contributed by atoms with Crippen LogP contribution >= 0.6 is 12.2 Å². The molecule has 0 unspecified atom stereocenters. The Hall–Kier alpha value is -2.07. The standard InChI is InChI=1S/C17H16N2OS/c1-20-14-6-7-16-15(10-14)18-17(21)19(16)13-8-11-4-2-3-5-12(11)9-13/h2-7,10,13H,8-9H2,1H3,(H,18,21). The molecule has 4 heteroatoms. The predicted molar refractivity (Wildman–Crippen MR) is 86.6 cm³/mol. The molecule has 1 aliphatic rings. The van der Waals surface area contributed by atoms with Crippen LogP contribution < -0.4 is 4.74 Å². The summed E-state index contributed by atoms with van der Waals surface area (Å²) in [5, 5.41) is 0. The molecule has 1 aromatic heterocycles. The van der Waals surface area contributed by atoms with Crippen molar-refractivity contribution in [3.8, 4) is 5.75 Å². The Bertz CT molecular complexity index is 853. The highest BCUT2D eigenvalue weighted by Crippen LogP contribution is 2.33. The van der Waals surface area contributed by atoms with Crippen molar-refractivity contribution in [2.45, 2.75) is 18.9 Å². The summed E-state index contributed by atoms with van der Waals surface area (Å²) < 4.78 is 8.33. The molecule has 1 N–H and O–H groups in total. The lowest BCUT2D eigenvalue weighted by Gasteiger charge is -2.12. The van der Waals surface area contributed by atoms with E-state index in [2.05, 4.69) is 39.9 Å². The van der Waals surface area contributed by atoms with Gasteiger partial charge in [0.1, 0.15) is 5.75 Å². The van der Waals surface area contributed by atoms with Crippen LogP contribution in [0.15, 0.2) is 42.5 Å². The number of imidazole rings is 1. The summed E-state index contributed by atoms with van der Waals surface area (Å²) in [4.78, 5) is 3.30. The lowest BCUT2D eigenvalue weighted by Crippen LogP contribution is -2.08.